The number of rotatable bonds is 9. The number of alkyl halides is 2. The number of halogens is 2. The molecule has 11 heteroatoms. The summed E-state index contributed by atoms with van der Waals surface area (Å²) < 4.78 is 67.0. The Hall–Kier alpha value is -3.86. The van der Waals surface area contributed by atoms with Gasteiger partial charge in [-0.2, -0.15) is 8.78 Å². The highest BCUT2D eigenvalue weighted by Crippen LogP contribution is 2.32. The normalized spacial score (nSPS) is 11.1. The second kappa shape index (κ2) is 10.4. The number of nitrogens with zero attached hydrogens (tertiary/aromatic N) is 1. The Morgan fingerprint density at radius 3 is 2.26 bits per heavy atom. The smallest absolute Gasteiger partial charge is 0.387 e. The van der Waals surface area contributed by atoms with Crippen molar-refractivity contribution in [3.63, 3.8) is 0 Å². The van der Waals surface area contributed by atoms with E-state index in [4.69, 9.17) is 9.47 Å². The third-order valence-corrected chi connectivity index (χ3v) is 6.61. The molecule has 1 amide bonds. The number of anilines is 2. The molecule has 0 spiro atoms. The van der Waals surface area contributed by atoms with Gasteiger partial charge >= 0.3 is 6.61 Å². The highest BCUT2D eigenvalue weighted by molar-refractivity contribution is 7.92. The van der Waals surface area contributed by atoms with Crippen molar-refractivity contribution in [1.82, 2.24) is 0 Å². The molecule has 0 atom stereocenters. The van der Waals surface area contributed by atoms with Gasteiger partial charge in [-0.3, -0.25) is 9.10 Å². The number of hydrogen-bond acceptors (Lipinski definition) is 6. The molecule has 0 fully saturated rings. The molecule has 0 aromatic heterocycles. The molecule has 0 saturated carbocycles. The van der Waals surface area contributed by atoms with E-state index in [0.717, 1.165) is 4.31 Å². The summed E-state index contributed by atoms with van der Waals surface area (Å²) >= 11 is 0. The first kappa shape index (κ1) is 24.8. The number of benzene rings is 3. The van der Waals surface area contributed by atoms with Gasteiger partial charge in [0.25, 0.3) is 15.9 Å². The molecule has 0 heterocycles. The average molecular weight is 493 g/mol. The van der Waals surface area contributed by atoms with Gasteiger partial charge in [0.05, 0.1) is 24.8 Å². The molecule has 3 aromatic rings. The van der Waals surface area contributed by atoms with Crippen molar-refractivity contribution < 1.29 is 36.2 Å². The van der Waals surface area contributed by atoms with Crippen molar-refractivity contribution in [2.75, 3.05) is 30.9 Å². The molecule has 0 radical (unpaired) electrons. The largest absolute Gasteiger partial charge is 0.497 e. The van der Waals surface area contributed by atoms with E-state index in [1.54, 1.807) is 24.3 Å². The predicted octanol–water partition coefficient (Wildman–Crippen LogP) is 4.38. The first-order valence-electron chi connectivity index (χ1n) is 9.83. The molecule has 0 aliphatic rings. The number of amides is 1. The number of nitrogens with one attached hydrogen (secondary N) is 1. The van der Waals surface area contributed by atoms with E-state index in [0.29, 0.717) is 11.4 Å². The molecule has 1 N–H and O–H groups in total. The van der Waals surface area contributed by atoms with Crippen LogP contribution in [0.4, 0.5) is 20.2 Å². The zero-order valence-electron chi connectivity index (χ0n) is 18.5. The maximum absolute atomic E-state index is 13.1. The lowest BCUT2D eigenvalue weighted by Gasteiger charge is -2.20. The van der Waals surface area contributed by atoms with Gasteiger partial charge in [-0.15, -0.1) is 0 Å². The summed E-state index contributed by atoms with van der Waals surface area (Å²) in [4.78, 5) is 12.6. The van der Waals surface area contributed by atoms with Crippen molar-refractivity contribution in [3.8, 4) is 17.2 Å². The first-order valence-corrected chi connectivity index (χ1v) is 11.3. The van der Waals surface area contributed by atoms with Gasteiger partial charge < -0.3 is 19.5 Å². The molecule has 3 aromatic carbocycles. The number of sulfonamides is 1. The number of carbonyl (C=O) groups excluding carboxylic acids is 1. The number of hydrogen-bond donors (Lipinski definition) is 1. The van der Waals surface area contributed by atoms with Crippen LogP contribution >= 0.6 is 0 Å². The Morgan fingerprint density at radius 1 is 0.941 bits per heavy atom. The van der Waals surface area contributed by atoms with Gasteiger partial charge in [0.1, 0.15) is 5.75 Å². The predicted molar refractivity (Wildman–Crippen MR) is 123 cm³/mol. The van der Waals surface area contributed by atoms with Gasteiger partial charge in [0.2, 0.25) is 0 Å². The van der Waals surface area contributed by atoms with Crippen LogP contribution in [0.1, 0.15) is 10.4 Å². The highest BCUT2D eigenvalue weighted by Gasteiger charge is 2.23. The summed E-state index contributed by atoms with van der Waals surface area (Å²) in [6.07, 6.45) is 0. The average Bonchev–Trinajstić information content (AvgIpc) is 2.83. The lowest BCUT2D eigenvalue weighted by molar-refractivity contribution is -0.0511. The molecule has 34 heavy (non-hydrogen) atoms. The van der Waals surface area contributed by atoms with E-state index in [9.17, 15) is 22.0 Å². The van der Waals surface area contributed by atoms with Gasteiger partial charge in [0.15, 0.2) is 11.5 Å². The number of methoxy groups -OCH3 is 2. The first-order chi connectivity index (χ1) is 16.1. The van der Waals surface area contributed by atoms with Crippen molar-refractivity contribution in [2.45, 2.75) is 11.5 Å². The van der Waals surface area contributed by atoms with Crippen molar-refractivity contribution >= 4 is 27.3 Å². The molecule has 8 nitrogen and oxygen atoms in total. The molecular formula is C23H22F2N2O6S. The Morgan fingerprint density at radius 2 is 1.65 bits per heavy atom. The van der Waals surface area contributed by atoms with Crippen molar-refractivity contribution in [2.24, 2.45) is 0 Å². The molecule has 0 unspecified atom stereocenters. The molecule has 0 aliphatic heterocycles. The topological polar surface area (TPSA) is 94.2 Å². The van der Waals surface area contributed by atoms with E-state index in [-0.39, 0.29) is 27.6 Å². The fraction of sp³-hybridized carbons (Fsp3) is 0.174. The van der Waals surface area contributed by atoms with Crippen LogP contribution in [0.15, 0.2) is 71.6 Å². The minimum absolute atomic E-state index is 0.0522. The Labute approximate surface area is 195 Å². The zero-order chi connectivity index (χ0) is 24.9. The SMILES string of the molecule is COc1ccc(N(C)S(=O)(=O)c2cccc(C(=O)Nc3ccc(OC)c(OC(F)F)c3)c2)cc1. The Kier molecular flexibility index (Phi) is 7.57. The third-order valence-electron chi connectivity index (χ3n) is 4.83. The molecule has 3 rings (SSSR count). The van der Waals surface area contributed by atoms with Crippen molar-refractivity contribution in [3.05, 3.63) is 72.3 Å². The summed E-state index contributed by atoms with van der Waals surface area (Å²) in [7, 11) is 0.215. The molecular weight excluding hydrogens is 470 g/mol. The monoisotopic (exact) mass is 492 g/mol. The minimum Gasteiger partial charge on any atom is -0.497 e. The Balaban J connectivity index is 1.83. The summed E-state index contributed by atoms with van der Waals surface area (Å²) in [5, 5.41) is 2.53. The van der Waals surface area contributed by atoms with Gasteiger partial charge in [-0.1, -0.05) is 6.07 Å². The standard InChI is InChI=1S/C23H22F2N2O6S/c1-27(17-8-10-18(31-2)11-9-17)34(29,30)19-6-4-5-15(13-19)22(28)26-16-7-12-20(32-3)21(14-16)33-23(24)25/h4-14,23H,1-3H3,(H,26,28). The molecule has 0 aliphatic carbocycles. The van der Waals surface area contributed by atoms with Crippen LogP contribution in [-0.4, -0.2) is 42.2 Å². The van der Waals surface area contributed by atoms with E-state index in [2.05, 4.69) is 10.1 Å². The molecule has 0 bridgehead atoms. The fourth-order valence-corrected chi connectivity index (χ4v) is 4.27. The van der Waals surface area contributed by atoms with Crippen LogP contribution < -0.4 is 23.8 Å². The van der Waals surface area contributed by atoms with Crippen LogP contribution in [0.25, 0.3) is 0 Å². The van der Waals surface area contributed by atoms with Crippen LogP contribution in [0.5, 0.6) is 17.2 Å². The number of ether oxygens (including phenoxy) is 3. The van der Waals surface area contributed by atoms with Crippen LogP contribution in [0.3, 0.4) is 0 Å². The highest BCUT2D eigenvalue weighted by atomic mass is 32.2. The Bertz CT molecular complexity index is 1270. The lowest BCUT2D eigenvalue weighted by atomic mass is 10.2. The maximum Gasteiger partial charge on any atom is 0.387 e. The van der Waals surface area contributed by atoms with Crippen molar-refractivity contribution in [1.29, 1.82) is 0 Å². The van der Waals surface area contributed by atoms with Crippen LogP contribution in [0.2, 0.25) is 0 Å². The van der Waals surface area contributed by atoms with E-state index in [1.165, 1.54) is 63.7 Å². The maximum atomic E-state index is 13.1. The van der Waals surface area contributed by atoms with Gasteiger partial charge in [-0.05, 0) is 54.6 Å². The second-order valence-corrected chi connectivity index (χ2v) is 8.87. The quantitative estimate of drug-likeness (QED) is 0.476. The zero-order valence-corrected chi connectivity index (χ0v) is 19.3. The van der Waals surface area contributed by atoms with E-state index < -0.39 is 22.5 Å². The van der Waals surface area contributed by atoms with E-state index in [1.807, 2.05) is 0 Å². The summed E-state index contributed by atoms with van der Waals surface area (Å²) in [6, 6.07) is 15.9. The third kappa shape index (κ3) is 5.54. The molecule has 180 valence electrons. The van der Waals surface area contributed by atoms with Crippen LogP contribution in [-0.2, 0) is 10.0 Å². The lowest BCUT2D eigenvalue weighted by Crippen LogP contribution is -2.26. The molecule has 0 saturated heterocycles. The minimum atomic E-state index is -3.98. The van der Waals surface area contributed by atoms with Gasteiger partial charge in [0, 0.05) is 24.4 Å². The van der Waals surface area contributed by atoms with Gasteiger partial charge in [-0.25, -0.2) is 8.42 Å². The van der Waals surface area contributed by atoms with Crippen LogP contribution in [0, 0.1) is 0 Å². The summed E-state index contributed by atoms with van der Waals surface area (Å²) in [5.41, 5.74) is 0.613. The number of carbonyl (C=O) groups is 1. The fourth-order valence-electron chi connectivity index (χ4n) is 3.03. The summed E-state index contributed by atoms with van der Waals surface area (Å²) in [6.45, 7) is -3.08. The summed E-state index contributed by atoms with van der Waals surface area (Å²) in [5.74, 6) is -0.258. The second-order valence-electron chi connectivity index (χ2n) is 6.90. The van der Waals surface area contributed by atoms with E-state index >= 15 is 0 Å².